The lowest BCUT2D eigenvalue weighted by Gasteiger charge is -2.34. The Morgan fingerprint density at radius 3 is 2.56 bits per heavy atom. The number of halogens is 1. The summed E-state index contributed by atoms with van der Waals surface area (Å²) in [5, 5.41) is 0.515. The Bertz CT molecular complexity index is 389. The number of aromatic nitrogens is 1. The van der Waals surface area contributed by atoms with Crippen LogP contribution in [0.1, 0.15) is 5.69 Å². The number of hydrogen-bond donors (Lipinski definition) is 0. The molecular weight excluding hydrogens is 226 g/mol. The molecule has 0 bridgehead atoms. The summed E-state index contributed by atoms with van der Waals surface area (Å²) < 4.78 is 0. The molecule has 16 heavy (non-hydrogen) atoms. The van der Waals surface area contributed by atoms with Crippen molar-refractivity contribution < 1.29 is 4.79 Å². The van der Waals surface area contributed by atoms with Crippen LogP contribution in [0.4, 0.5) is 5.69 Å². The van der Waals surface area contributed by atoms with Crippen molar-refractivity contribution in [3.05, 3.63) is 23.0 Å². The molecule has 2 heterocycles. The molecule has 0 aromatic carbocycles. The Kier molecular flexibility index (Phi) is 3.29. The van der Waals surface area contributed by atoms with Crippen LogP contribution in [0.5, 0.6) is 0 Å². The number of pyridine rings is 1. The molecule has 1 saturated heterocycles. The summed E-state index contributed by atoms with van der Waals surface area (Å²) in [5.74, 6) is 0. The van der Waals surface area contributed by atoms with Crippen molar-refractivity contribution in [2.75, 3.05) is 31.1 Å². The van der Waals surface area contributed by atoms with Crippen molar-refractivity contribution in [3.8, 4) is 0 Å². The molecule has 1 radical (unpaired) electrons. The van der Waals surface area contributed by atoms with Crippen LogP contribution in [-0.4, -0.2) is 42.5 Å². The number of anilines is 1. The molecule has 1 aliphatic rings. The fourth-order valence-corrected chi connectivity index (χ4v) is 2.09. The molecule has 0 unspecified atom stereocenters. The summed E-state index contributed by atoms with van der Waals surface area (Å²) in [7, 11) is 0. The summed E-state index contributed by atoms with van der Waals surface area (Å²) in [4.78, 5) is 18.6. The zero-order valence-electron chi connectivity index (χ0n) is 9.11. The molecule has 0 N–H and O–H groups in total. The second-order valence-electron chi connectivity index (χ2n) is 3.80. The van der Waals surface area contributed by atoms with Crippen LogP contribution in [0, 0.1) is 6.92 Å². The van der Waals surface area contributed by atoms with E-state index in [4.69, 9.17) is 11.6 Å². The van der Waals surface area contributed by atoms with Gasteiger partial charge in [-0.2, -0.15) is 0 Å². The summed E-state index contributed by atoms with van der Waals surface area (Å²) in [6.45, 7) is 5.01. The van der Waals surface area contributed by atoms with Crippen LogP contribution < -0.4 is 4.90 Å². The Morgan fingerprint density at radius 2 is 2.00 bits per heavy atom. The minimum Gasteiger partial charge on any atom is -0.367 e. The minimum atomic E-state index is 0.515. The van der Waals surface area contributed by atoms with Gasteiger partial charge in [0.1, 0.15) is 5.15 Å². The third-order valence-electron chi connectivity index (χ3n) is 2.77. The van der Waals surface area contributed by atoms with Gasteiger partial charge in [-0.3, -0.25) is 4.79 Å². The van der Waals surface area contributed by atoms with Gasteiger partial charge in [-0.15, -0.1) is 0 Å². The van der Waals surface area contributed by atoms with Crippen LogP contribution in [0.2, 0.25) is 5.15 Å². The van der Waals surface area contributed by atoms with Gasteiger partial charge in [0.25, 0.3) is 0 Å². The van der Waals surface area contributed by atoms with Gasteiger partial charge in [-0.05, 0) is 19.1 Å². The predicted molar refractivity (Wildman–Crippen MR) is 63.5 cm³/mol. The topological polar surface area (TPSA) is 36.4 Å². The van der Waals surface area contributed by atoms with Crippen molar-refractivity contribution >= 4 is 23.7 Å². The minimum absolute atomic E-state index is 0.515. The monoisotopic (exact) mass is 238 g/mol. The van der Waals surface area contributed by atoms with Crippen LogP contribution in [0.25, 0.3) is 0 Å². The first-order valence-corrected chi connectivity index (χ1v) is 5.59. The van der Waals surface area contributed by atoms with E-state index in [-0.39, 0.29) is 0 Å². The SMILES string of the molecule is Cc1nc(Cl)ccc1N1CCN([C]=O)CC1. The molecule has 5 heteroatoms. The van der Waals surface area contributed by atoms with E-state index in [1.54, 1.807) is 11.0 Å². The molecule has 1 aromatic heterocycles. The molecule has 85 valence electrons. The molecular formula is C11H13ClN3O. The van der Waals surface area contributed by atoms with Crippen LogP contribution >= 0.6 is 11.6 Å². The standard InChI is InChI=1S/C11H13ClN3O/c1-9-10(2-3-11(12)13-9)15-6-4-14(8-16)5-7-15/h2-3H,4-7H2,1H3. The lowest BCUT2D eigenvalue weighted by atomic mass is 10.2. The molecule has 1 amide bonds. The molecule has 1 aliphatic heterocycles. The van der Waals surface area contributed by atoms with E-state index in [1.165, 1.54) is 0 Å². The maximum absolute atomic E-state index is 10.5. The molecule has 1 aromatic rings. The summed E-state index contributed by atoms with van der Waals surface area (Å²) in [6, 6.07) is 3.77. The zero-order chi connectivity index (χ0) is 11.5. The molecule has 0 aliphatic carbocycles. The molecule has 0 atom stereocenters. The van der Waals surface area contributed by atoms with E-state index in [2.05, 4.69) is 9.88 Å². The zero-order valence-corrected chi connectivity index (χ0v) is 9.87. The smallest absolute Gasteiger partial charge is 0.312 e. The van der Waals surface area contributed by atoms with Crippen LogP contribution in [0.15, 0.2) is 12.1 Å². The van der Waals surface area contributed by atoms with Gasteiger partial charge < -0.3 is 9.80 Å². The molecule has 4 nitrogen and oxygen atoms in total. The van der Waals surface area contributed by atoms with Crippen molar-refractivity contribution in [2.24, 2.45) is 0 Å². The molecule has 1 fully saturated rings. The van der Waals surface area contributed by atoms with E-state index in [0.29, 0.717) is 18.2 Å². The fraction of sp³-hybridized carbons (Fsp3) is 0.455. The molecule has 0 saturated carbocycles. The number of nitrogens with zero attached hydrogens (tertiary/aromatic N) is 3. The summed E-state index contributed by atoms with van der Waals surface area (Å²) >= 11 is 5.81. The van der Waals surface area contributed by atoms with Gasteiger partial charge in [0.2, 0.25) is 0 Å². The largest absolute Gasteiger partial charge is 0.367 e. The van der Waals surface area contributed by atoms with Gasteiger partial charge >= 0.3 is 6.41 Å². The average molecular weight is 239 g/mol. The van der Waals surface area contributed by atoms with E-state index >= 15 is 0 Å². The molecule has 2 rings (SSSR count). The number of piperazine rings is 1. The van der Waals surface area contributed by atoms with Crippen LogP contribution in [0.3, 0.4) is 0 Å². The maximum atomic E-state index is 10.5. The van der Waals surface area contributed by atoms with Gasteiger partial charge in [-0.1, -0.05) is 11.6 Å². The third kappa shape index (κ3) is 2.27. The summed E-state index contributed by atoms with van der Waals surface area (Å²) in [5.41, 5.74) is 2.02. The van der Waals surface area contributed by atoms with Crippen molar-refractivity contribution in [1.82, 2.24) is 9.88 Å². The quantitative estimate of drug-likeness (QED) is 0.728. The lowest BCUT2D eigenvalue weighted by molar-refractivity contribution is 0.356. The lowest BCUT2D eigenvalue weighted by Crippen LogP contribution is -2.45. The van der Waals surface area contributed by atoms with Gasteiger partial charge in [0, 0.05) is 26.2 Å². The number of hydrogen-bond acceptors (Lipinski definition) is 3. The Morgan fingerprint density at radius 1 is 1.31 bits per heavy atom. The second kappa shape index (κ2) is 4.70. The van der Waals surface area contributed by atoms with Crippen molar-refractivity contribution in [2.45, 2.75) is 6.92 Å². The Balaban J connectivity index is 2.11. The highest BCUT2D eigenvalue weighted by molar-refractivity contribution is 6.29. The van der Waals surface area contributed by atoms with Crippen LogP contribution in [-0.2, 0) is 4.79 Å². The first kappa shape index (κ1) is 11.2. The number of carbonyl (C=O) groups excluding carboxylic acids is 1. The number of amides is 1. The normalized spacial score (nSPS) is 16.4. The van der Waals surface area contributed by atoms with E-state index in [9.17, 15) is 4.79 Å². The highest BCUT2D eigenvalue weighted by Gasteiger charge is 2.17. The third-order valence-corrected chi connectivity index (χ3v) is 2.98. The molecule has 0 spiro atoms. The van der Waals surface area contributed by atoms with Gasteiger partial charge in [0.15, 0.2) is 0 Å². The first-order valence-electron chi connectivity index (χ1n) is 5.21. The highest BCUT2D eigenvalue weighted by Crippen LogP contribution is 2.21. The first-order chi connectivity index (χ1) is 7.70. The van der Waals surface area contributed by atoms with E-state index in [1.807, 2.05) is 19.4 Å². The second-order valence-corrected chi connectivity index (χ2v) is 4.19. The van der Waals surface area contributed by atoms with Gasteiger partial charge in [0.05, 0.1) is 11.4 Å². The maximum Gasteiger partial charge on any atom is 0.312 e. The highest BCUT2D eigenvalue weighted by atomic mass is 35.5. The number of rotatable bonds is 2. The average Bonchev–Trinajstić information content (AvgIpc) is 2.29. The Labute approximate surface area is 99.8 Å². The van der Waals surface area contributed by atoms with E-state index < -0.39 is 0 Å². The van der Waals surface area contributed by atoms with E-state index in [0.717, 1.165) is 24.5 Å². The van der Waals surface area contributed by atoms with Crippen molar-refractivity contribution in [1.29, 1.82) is 0 Å². The Hall–Kier alpha value is -1.29. The summed E-state index contributed by atoms with van der Waals surface area (Å²) in [6.07, 6.45) is 1.92. The van der Waals surface area contributed by atoms with Crippen molar-refractivity contribution in [3.63, 3.8) is 0 Å². The fourth-order valence-electron chi connectivity index (χ4n) is 1.90. The number of aryl methyl sites for hydroxylation is 1. The predicted octanol–water partition coefficient (Wildman–Crippen LogP) is 1.23. The van der Waals surface area contributed by atoms with Gasteiger partial charge in [-0.25, -0.2) is 4.98 Å².